The topological polar surface area (TPSA) is 201 Å². The molecule has 8 aliphatic carbocycles. The fraction of sp³-hybridized carbons (Fsp3) is 0.508. The number of benzene rings is 5. The molecule has 12 aliphatic rings. The number of Topliss-reactive ketones (excluding diaryl/α,β-unsaturated/α-hetero) is 4. The summed E-state index contributed by atoms with van der Waals surface area (Å²) in [6, 6.07) is 31.7. The van der Waals surface area contributed by atoms with Crippen LogP contribution in [-0.4, -0.2) is 139 Å². The minimum absolute atomic E-state index is 0. The molecule has 4 aliphatic heterocycles. The highest BCUT2D eigenvalue weighted by Crippen LogP contribution is 2.53. The van der Waals surface area contributed by atoms with Crippen molar-refractivity contribution < 1.29 is 38.4 Å². The zero-order valence-corrected chi connectivity index (χ0v) is 96.7. The van der Waals surface area contributed by atoms with Crippen molar-refractivity contribution in [1.82, 2.24) is 39.5 Å². The Hall–Kier alpha value is -6.03. The number of hydrogen-bond acceptors (Lipinski definition) is 12. The Bertz CT molecular complexity index is 6370. The minimum atomic E-state index is -0.312. The summed E-state index contributed by atoms with van der Waals surface area (Å²) in [5.41, 5.74) is 24.4. The van der Waals surface area contributed by atoms with E-state index in [-0.39, 0.29) is 91.1 Å². The minimum Gasteiger partial charge on any atom is -0.343 e. The first kappa shape index (κ1) is 112. The summed E-state index contributed by atoms with van der Waals surface area (Å²) in [6.45, 7) is 12.3. The number of carbonyl (C=O) groups excluding carboxylic acids is 8. The summed E-state index contributed by atoms with van der Waals surface area (Å²) in [5, 5.41) is 2.25. The van der Waals surface area contributed by atoms with Crippen LogP contribution >= 0.6 is 162 Å². The van der Waals surface area contributed by atoms with E-state index in [0.29, 0.717) is 118 Å². The molecule has 145 heavy (non-hydrogen) atoms. The third-order valence-corrected chi connectivity index (χ3v) is 38.5. The number of nitrogens with zero attached hydrogens (tertiary/aromatic N) is 8. The predicted octanol–water partition coefficient (Wildman–Crippen LogP) is 30.2. The van der Waals surface area contributed by atoms with Crippen LogP contribution in [0.4, 0.5) is 0 Å². The Morgan fingerprint density at radius 1 is 0.352 bits per heavy atom. The maximum atomic E-state index is 13.3. The van der Waals surface area contributed by atoms with Crippen LogP contribution < -0.4 is 0 Å². The summed E-state index contributed by atoms with van der Waals surface area (Å²) in [7, 11) is 0. The highest BCUT2D eigenvalue weighted by molar-refractivity contribution is 9.11. The van der Waals surface area contributed by atoms with Gasteiger partial charge in [-0.15, -0.1) is 0 Å². The molecule has 4 amide bonds. The fourth-order valence-corrected chi connectivity index (χ4v) is 31.7. The number of likely N-dealkylation sites (tertiary alicyclic amines) is 4. The highest BCUT2D eigenvalue weighted by atomic mass is 79.9. The van der Waals surface area contributed by atoms with Gasteiger partial charge in [0.05, 0.1) is 22.8 Å². The highest BCUT2D eigenvalue weighted by Gasteiger charge is 2.45. The summed E-state index contributed by atoms with van der Waals surface area (Å²) in [5.74, 6) is 3.92. The Morgan fingerprint density at radius 3 is 1.06 bits per heavy atom. The van der Waals surface area contributed by atoms with E-state index in [0.717, 1.165) is 280 Å². The van der Waals surface area contributed by atoms with Crippen molar-refractivity contribution in [3.8, 4) is 0 Å². The van der Waals surface area contributed by atoms with Crippen LogP contribution in [0.1, 0.15) is 329 Å². The Kier molecular flexibility index (Phi) is 38.3. The van der Waals surface area contributed by atoms with E-state index < -0.39 is 0 Å². The Labute approximate surface area is 939 Å². The number of rotatable bonds is 14. The van der Waals surface area contributed by atoms with Crippen LogP contribution in [0, 0.1) is 60.7 Å². The number of aromatic nitrogens is 4. The van der Waals surface area contributed by atoms with E-state index in [1.165, 1.54) is 82.5 Å². The van der Waals surface area contributed by atoms with Gasteiger partial charge in [-0.05, 0) is 406 Å². The lowest BCUT2D eigenvalue weighted by Gasteiger charge is -2.38. The zero-order valence-electron chi connectivity index (χ0n) is 81.7. The van der Waals surface area contributed by atoms with E-state index in [9.17, 15) is 38.4 Å². The summed E-state index contributed by atoms with van der Waals surface area (Å²) < 4.78 is 8.37. The van der Waals surface area contributed by atoms with E-state index in [2.05, 4.69) is 202 Å². The third-order valence-electron chi connectivity index (χ3n) is 33.5. The van der Waals surface area contributed by atoms with Gasteiger partial charge in [-0.2, -0.15) is 0 Å². The second kappa shape index (κ2) is 49.8. The molecule has 0 bridgehead atoms. The van der Waals surface area contributed by atoms with Crippen LogP contribution in [0.3, 0.4) is 0 Å². The smallest absolute Gasteiger partial charge is 0.223 e. The van der Waals surface area contributed by atoms with Gasteiger partial charge in [-0.1, -0.05) is 169 Å². The van der Waals surface area contributed by atoms with Gasteiger partial charge in [0.1, 0.15) is 17.3 Å². The van der Waals surface area contributed by atoms with Gasteiger partial charge in [0.25, 0.3) is 0 Å². The van der Waals surface area contributed by atoms with Crippen LogP contribution in [0.2, 0.25) is 15.1 Å². The van der Waals surface area contributed by atoms with Crippen molar-refractivity contribution in [1.29, 1.82) is 0 Å². The average Bonchev–Trinajstić information content (AvgIpc) is 1.70. The van der Waals surface area contributed by atoms with Crippen molar-refractivity contribution in [3.63, 3.8) is 0 Å². The average molecular weight is 2540 g/mol. The first-order valence-electron chi connectivity index (χ1n) is 52.0. The predicted molar refractivity (Wildman–Crippen MR) is 608 cm³/mol. The molecule has 16 nitrogen and oxygen atoms in total. The summed E-state index contributed by atoms with van der Waals surface area (Å²) >= 11 is 49.2. The molecule has 3 unspecified atom stereocenters. The molecule has 0 spiro atoms. The van der Waals surface area contributed by atoms with Crippen molar-refractivity contribution in [3.05, 3.63) is 278 Å². The standard InChI is InChI=1S/C31H29Br2ClN2O2.C29H33Br2ClN2O2.C28H31Br2ClN2O2.C28H32Br2N2O2.2CH4/c1-17-2-5-25-21(10-17)11-22(31(25)38)14-27(37)36-8-6-18(7-9-36)29-28-19(13-24(34)15-26(28)33)3-4-20-12-23(32)16-35-30(20)29;1-29(10-3-2-4-24(29)35)11-7-25(36)34-12-8-18(9-13-34)27-26-19(15-22(32)16-23(26)31)5-6-20-14-21(30)17-33-28(20)27;29-21-13-20-6-5-19-14-22(31)15-23(30)26(19)27(28(20)32-16-21)18-9-11-33(12-10-18)25(35)8-7-17-3-1-2-4-24(17)34;1-17-12-20-6-7-21-14-22(29)16-31-28(21)27(26(20)23(30)13-17)18-8-10-32(11-9-18)25(34)15-19-4-2-3-5-24(19)33;;/h2,5,10,12-13,15-16,18,22,29H,3-4,6-9,11,14H2,1H3;14-18,27H,2-13H2,1H3;13-18,27H,1-12H2;12-14,16,18-19,27H,2-11,15H2,1H3;2*1H4/t22?,29-;27-,29-;17?,27-;19?,27-;;/m1111../s1. The molecule has 5 aromatic carbocycles. The molecule has 9 aromatic rings. The molecular formula is C118H133Br8Cl3N8O8. The molecule has 0 N–H and O–H groups in total. The van der Waals surface area contributed by atoms with Crippen molar-refractivity contribution in [2.45, 2.75) is 284 Å². The normalized spacial score (nSPS) is 22.6. The summed E-state index contributed by atoms with van der Waals surface area (Å²) in [4.78, 5) is 130. The SMILES string of the molecule is C.C.C[C@]1(CCC(=O)N2CCC([C@H]3c4ncc(Br)cc4CCc4cc(Cl)cc(Br)c43)CC2)CCCCC1=O.Cc1cc(Br)c2c(c1)CCc1cc(Br)cnc1[C@@H]2C1CCN(C(=O)CC2CCCCC2=O)CC1.Cc1ccc2c(c1)CC(CC(=O)N1CCC([C@H]3c4ncc(Br)cc4CCc4cc(Cl)cc(Br)c43)CC1)C2=O.O=C1CCCCC1CCC(=O)N1CCC([C@H]2c3ncc(Br)cc3CCc3cc(Cl)cc(Br)c32)CC1. The van der Waals surface area contributed by atoms with Gasteiger partial charge in [0.15, 0.2) is 5.78 Å². The van der Waals surface area contributed by atoms with Crippen molar-refractivity contribution in [2.24, 2.45) is 46.8 Å². The van der Waals surface area contributed by atoms with E-state index >= 15 is 0 Å². The molecule has 4 saturated heterocycles. The van der Waals surface area contributed by atoms with Crippen LogP contribution in [-0.2, 0) is 91.3 Å². The van der Waals surface area contributed by atoms with Crippen LogP contribution in [0.5, 0.6) is 0 Å². The molecule has 0 radical (unpaired) electrons. The lowest BCUT2D eigenvalue weighted by Crippen LogP contribution is -2.41. The molecule has 21 rings (SSSR count). The first-order chi connectivity index (χ1) is 68.8. The van der Waals surface area contributed by atoms with Crippen molar-refractivity contribution in [2.75, 3.05) is 52.4 Å². The maximum absolute atomic E-state index is 13.3. The number of amides is 4. The monoisotopic (exact) mass is 2530 g/mol. The van der Waals surface area contributed by atoms with E-state index in [4.69, 9.17) is 54.7 Å². The van der Waals surface area contributed by atoms with Gasteiger partial charge in [0, 0.05) is 225 Å². The number of hydrogen-bond donors (Lipinski definition) is 0. The number of pyridine rings is 4. The van der Waals surface area contributed by atoms with Gasteiger partial charge in [-0.25, -0.2) is 0 Å². The number of ketones is 4. The molecule has 7 fully saturated rings. The molecule has 27 heteroatoms. The number of aryl methyl sites for hydroxylation is 10. The number of fused-ring (bicyclic) bond motifs is 9. The maximum Gasteiger partial charge on any atom is 0.223 e. The lowest BCUT2D eigenvalue weighted by atomic mass is 9.71. The van der Waals surface area contributed by atoms with Gasteiger partial charge >= 0.3 is 0 Å². The third kappa shape index (κ3) is 25.9. The molecule has 4 aromatic heterocycles. The molecule has 3 saturated carbocycles. The largest absolute Gasteiger partial charge is 0.343 e. The van der Waals surface area contributed by atoms with E-state index in [1.807, 2.05) is 81.6 Å². The lowest BCUT2D eigenvalue weighted by molar-refractivity contribution is -0.137. The second-order valence-corrected chi connectivity index (χ2v) is 51.0. The summed E-state index contributed by atoms with van der Waals surface area (Å²) in [6.07, 6.45) is 37.6. The molecular weight excluding hydrogens is 2400 g/mol. The van der Waals surface area contributed by atoms with Crippen molar-refractivity contribution >= 4 is 209 Å². The molecule has 8 heterocycles. The van der Waals surface area contributed by atoms with Crippen LogP contribution in [0.25, 0.3) is 0 Å². The first-order valence-corrected chi connectivity index (χ1v) is 59.5. The van der Waals surface area contributed by atoms with E-state index in [1.54, 1.807) is 0 Å². The zero-order chi connectivity index (χ0) is 100. The molecule has 770 valence electrons. The van der Waals surface area contributed by atoms with Crippen LogP contribution in [0.15, 0.2) is 152 Å². The number of halogens is 11. The van der Waals surface area contributed by atoms with Gasteiger partial charge in [0.2, 0.25) is 23.6 Å². The number of piperidine rings is 4. The quantitative estimate of drug-likeness (QED) is 0.0998. The Morgan fingerprint density at radius 2 is 0.683 bits per heavy atom. The Balaban J connectivity index is 0.000000138. The van der Waals surface area contributed by atoms with Gasteiger partial charge < -0.3 is 19.6 Å². The van der Waals surface area contributed by atoms with Gasteiger partial charge in [-0.3, -0.25) is 58.3 Å². The fourth-order valence-electron chi connectivity index (χ4n) is 25.9. The molecule has 8 atom stereocenters. The number of carbonyl (C=O) groups is 8. The second-order valence-electron chi connectivity index (χ2n) is 42.7.